The molecule has 3 nitrogen and oxygen atoms in total. The lowest BCUT2D eigenvalue weighted by Crippen LogP contribution is -2.15. The fraction of sp³-hybridized carbons (Fsp3) is 0.250. The highest BCUT2D eigenvalue weighted by Gasteiger charge is 2.13. The van der Waals surface area contributed by atoms with E-state index in [0.29, 0.717) is 0 Å². The van der Waals surface area contributed by atoms with Crippen LogP contribution in [0.3, 0.4) is 0 Å². The SMILES string of the molecule is C=C(C)C(=O)/C(Cl)=C(/C)C(N)=O. The van der Waals surface area contributed by atoms with E-state index in [1.54, 1.807) is 0 Å². The maximum Gasteiger partial charge on any atom is 0.245 e. The van der Waals surface area contributed by atoms with Gasteiger partial charge in [0.25, 0.3) is 0 Å². The lowest BCUT2D eigenvalue weighted by atomic mass is 10.1. The summed E-state index contributed by atoms with van der Waals surface area (Å²) >= 11 is 5.54. The van der Waals surface area contributed by atoms with Crippen molar-refractivity contribution < 1.29 is 9.59 Å². The summed E-state index contributed by atoms with van der Waals surface area (Å²) in [7, 11) is 0. The van der Waals surface area contributed by atoms with Crippen LogP contribution < -0.4 is 5.73 Å². The third-order valence-electron chi connectivity index (χ3n) is 1.29. The van der Waals surface area contributed by atoms with Gasteiger partial charge in [0.05, 0.1) is 5.03 Å². The monoisotopic (exact) mass is 187 g/mol. The molecule has 4 heteroatoms. The summed E-state index contributed by atoms with van der Waals surface area (Å²) in [5.41, 5.74) is 5.25. The number of Topliss-reactive ketones (excluding diaryl/α,β-unsaturated/α-hetero) is 1. The normalized spacial score (nSPS) is 11.9. The Morgan fingerprint density at radius 3 is 2.00 bits per heavy atom. The summed E-state index contributed by atoms with van der Waals surface area (Å²) in [6, 6.07) is 0. The molecule has 0 aromatic rings. The molecule has 0 saturated heterocycles. The maximum absolute atomic E-state index is 11.1. The van der Waals surface area contributed by atoms with Gasteiger partial charge in [0.1, 0.15) is 0 Å². The van der Waals surface area contributed by atoms with E-state index in [-0.39, 0.29) is 16.2 Å². The number of primary amides is 1. The number of amides is 1. The Kier molecular flexibility index (Phi) is 3.70. The Balaban J connectivity index is 4.92. The van der Waals surface area contributed by atoms with Gasteiger partial charge in [-0.1, -0.05) is 18.2 Å². The van der Waals surface area contributed by atoms with Crippen LogP contribution in [0.2, 0.25) is 0 Å². The Bertz CT molecular complexity index is 279. The summed E-state index contributed by atoms with van der Waals surface area (Å²) < 4.78 is 0. The molecule has 0 fully saturated rings. The van der Waals surface area contributed by atoms with Gasteiger partial charge in [-0.15, -0.1) is 0 Å². The van der Waals surface area contributed by atoms with Crippen LogP contribution in [-0.2, 0) is 9.59 Å². The zero-order chi connectivity index (χ0) is 9.89. The van der Waals surface area contributed by atoms with Gasteiger partial charge in [0.2, 0.25) is 5.91 Å². The van der Waals surface area contributed by atoms with Gasteiger partial charge >= 0.3 is 0 Å². The fourth-order valence-electron chi connectivity index (χ4n) is 0.466. The summed E-state index contributed by atoms with van der Waals surface area (Å²) in [4.78, 5) is 21.7. The zero-order valence-corrected chi connectivity index (χ0v) is 7.73. The number of halogens is 1. The number of carbonyl (C=O) groups excluding carboxylic acids is 2. The number of allylic oxidation sites excluding steroid dienone is 2. The Morgan fingerprint density at radius 1 is 1.33 bits per heavy atom. The zero-order valence-electron chi connectivity index (χ0n) is 6.98. The third-order valence-corrected chi connectivity index (χ3v) is 1.74. The highest BCUT2D eigenvalue weighted by molar-refractivity contribution is 6.46. The molecule has 0 aliphatic carbocycles. The molecular weight excluding hydrogens is 178 g/mol. The Labute approximate surface area is 75.9 Å². The summed E-state index contributed by atoms with van der Waals surface area (Å²) in [5, 5.41) is -0.157. The van der Waals surface area contributed by atoms with Crippen LogP contribution in [0.15, 0.2) is 22.8 Å². The summed E-state index contributed by atoms with van der Waals surface area (Å²) in [6.45, 7) is 6.30. The van der Waals surface area contributed by atoms with E-state index in [0.717, 1.165) is 0 Å². The molecule has 66 valence electrons. The molecule has 0 bridgehead atoms. The molecule has 0 saturated carbocycles. The number of hydrogen-bond donors (Lipinski definition) is 1. The minimum absolute atomic E-state index is 0.0599. The quantitative estimate of drug-likeness (QED) is 0.674. The van der Waals surface area contributed by atoms with E-state index in [1.807, 2.05) is 0 Å². The van der Waals surface area contributed by atoms with Crippen LogP contribution in [0.25, 0.3) is 0 Å². The largest absolute Gasteiger partial charge is 0.366 e. The standard InChI is InChI=1S/C8H10ClNO2/c1-4(2)7(11)6(9)5(3)8(10)12/h1H2,2-3H3,(H2,10,12)/b6-5+. The molecule has 0 atom stereocenters. The van der Waals surface area contributed by atoms with E-state index >= 15 is 0 Å². The van der Waals surface area contributed by atoms with E-state index in [9.17, 15) is 9.59 Å². The first-order valence-corrected chi connectivity index (χ1v) is 3.62. The second-order valence-electron chi connectivity index (χ2n) is 2.41. The second-order valence-corrected chi connectivity index (χ2v) is 2.79. The van der Waals surface area contributed by atoms with E-state index < -0.39 is 11.7 Å². The van der Waals surface area contributed by atoms with Crippen molar-refractivity contribution in [1.29, 1.82) is 0 Å². The lowest BCUT2D eigenvalue weighted by Gasteiger charge is -1.99. The van der Waals surface area contributed by atoms with Crippen molar-refractivity contribution in [2.75, 3.05) is 0 Å². The first kappa shape index (κ1) is 10.9. The molecule has 2 N–H and O–H groups in total. The molecule has 0 unspecified atom stereocenters. The topological polar surface area (TPSA) is 60.2 Å². The van der Waals surface area contributed by atoms with Gasteiger partial charge < -0.3 is 5.73 Å². The number of ketones is 1. The van der Waals surface area contributed by atoms with Gasteiger partial charge in [0.15, 0.2) is 5.78 Å². The first-order chi connectivity index (χ1) is 5.37. The molecule has 0 rings (SSSR count). The van der Waals surface area contributed by atoms with Crippen molar-refractivity contribution in [3.63, 3.8) is 0 Å². The molecule has 0 aromatic heterocycles. The molecule has 0 aliphatic rings. The minimum atomic E-state index is -0.699. The molecule has 0 radical (unpaired) electrons. The van der Waals surface area contributed by atoms with E-state index in [1.165, 1.54) is 13.8 Å². The van der Waals surface area contributed by atoms with Crippen molar-refractivity contribution in [2.24, 2.45) is 5.73 Å². The molecular formula is C8H10ClNO2. The molecule has 0 aliphatic heterocycles. The highest BCUT2D eigenvalue weighted by atomic mass is 35.5. The maximum atomic E-state index is 11.1. The van der Waals surface area contributed by atoms with Crippen LogP contribution in [0.4, 0.5) is 0 Å². The van der Waals surface area contributed by atoms with Crippen molar-refractivity contribution in [1.82, 2.24) is 0 Å². The van der Waals surface area contributed by atoms with Crippen LogP contribution in [0.5, 0.6) is 0 Å². The molecule has 12 heavy (non-hydrogen) atoms. The highest BCUT2D eigenvalue weighted by Crippen LogP contribution is 2.13. The number of carbonyl (C=O) groups is 2. The van der Waals surface area contributed by atoms with Crippen LogP contribution in [0.1, 0.15) is 13.8 Å². The lowest BCUT2D eigenvalue weighted by molar-refractivity contribution is -0.115. The van der Waals surface area contributed by atoms with Crippen LogP contribution in [-0.4, -0.2) is 11.7 Å². The molecule has 0 aromatic carbocycles. The van der Waals surface area contributed by atoms with Crippen LogP contribution >= 0.6 is 11.6 Å². The molecule has 0 heterocycles. The van der Waals surface area contributed by atoms with Gasteiger partial charge in [-0.3, -0.25) is 9.59 Å². The second kappa shape index (κ2) is 4.07. The van der Waals surface area contributed by atoms with Gasteiger partial charge in [0, 0.05) is 5.57 Å². The van der Waals surface area contributed by atoms with E-state index in [4.69, 9.17) is 17.3 Å². The van der Waals surface area contributed by atoms with Crippen molar-refractivity contribution in [3.05, 3.63) is 22.8 Å². The number of nitrogens with two attached hydrogens (primary N) is 1. The van der Waals surface area contributed by atoms with Gasteiger partial charge in [-0.2, -0.15) is 0 Å². The summed E-state index contributed by atoms with van der Waals surface area (Å²) in [6.07, 6.45) is 0. The van der Waals surface area contributed by atoms with E-state index in [2.05, 4.69) is 6.58 Å². The fourth-order valence-corrected chi connectivity index (χ4v) is 0.720. The van der Waals surface area contributed by atoms with Crippen molar-refractivity contribution in [3.8, 4) is 0 Å². The predicted molar refractivity (Wildman–Crippen MR) is 47.6 cm³/mol. The number of hydrogen-bond acceptors (Lipinski definition) is 2. The Morgan fingerprint density at radius 2 is 1.75 bits per heavy atom. The van der Waals surface area contributed by atoms with Crippen molar-refractivity contribution >= 4 is 23.3 Å². The number of rotatable bonds is 3. The summed E-state index contributed by atoms with van der Waals surface area (Å²) in [5.74, 6) is -1.15. The van der Waals surface area contributed by atoms with Gasteiger partial charge in [-0.05, 0) is 19.4 Å². The molecule has 0 spiro atoms. The molecule has 1 amide bonds. The third kappa shape index (κ3) is 2.51. The van der Waals surface area contributed by atoms with Gasteiger partial charge in [-0.25, -0.2) is 0 Å². The average molecular weight is 188 g/mol. The first-order valence-electron chi connectivity index (χ1n) is 3.24. The Hall–Kier alpha value is -1.09. The minimum Gasteiger partial charge on any atom is -0.366 e. The van der Waals surface area contributed by atoms with Crippen LogP contribution in [0, 0.1) is 0 Å². The van der Waals surface area contributed by atoms with Crippen molar-refractivity contribution in [2.45, 2.75) is 13.8 Å². The predicted octanol–water partition coefficient (Wildman–Crippen LogP) is 1.13. The average Bonchev–Trinajstić information content (AvgIpc) is 2.00. The smallest absolute Gasteiger partial charge is 0.245 e.